The Morgan fingerprint density at radius 2 is 2.12 bits per heavy atom. The molecule has 16 heavy (non-hydrogen) atoms. The summed E-state index contributed by atoms with van der Waals surface area (Å²) in [6, 6.07) is 5.68. The second kappa shape index (κ2) is 4.14. The average Bonchev–Trinajstić information content (AvgIpc) is 2.66. The Bertz CT molecular complexity index is 504. The largest absolute Gasteiger partial charge is 0.399 e. The zero-order chi connectivity index (χ0) is 11.7. The van der Waals surface area contributed by atoms with E-state index in [0.29, 0.717) is 16.8 Å². The highest BCUT2D eigenvalue weighted by Gasteiger charge is 2.12. The molecule has 0 aliphatic heterocycles. The summed E-state index contributed by atoms with van der Waals surface area (Å²) in [5.41, 5.74) is 7.14. The average molecular weight is 237 g/mol. The van der Waals surface area contributed by atoms with Gasteiger partial charge < -0.3 is 10.3 Å². The third-order valence-corrected chi connectivity index (χ3v) is 2.68. The molecule has 2 N–H and O–H groups in total. The van der Waals surface area contributed by atoms with Crippen LogP contribution in [0.1, 0.15) is 19.9 Å². The number of nitrogens with zero attached hydrogens (tertiary/aromatic N) is 3. The number of halogens is 1. The lowest BCUT2D eigenvalue weighted by Gasteiger charge is -2.11. The maximum absolute atomic E-state index is 6.14. The molecule has 1 aromatic carbocycles. The van der Waals surface area contributed by atoms with Gasteiger partial charge in [-0.05, 0) is 32.0 Å². The van der Waals surface area contributed by atoms with E-state index < -0.39 is 0 Å². The molecule has 1 heterocycles. The number of hydrogen-bond donors (Lipinski definition) is 1. The van der Waals surface area contributed by atoms with Gasteiger partial charge in [0, 0.05) is 17.3 Å². The molecular formula is C11H13ClN4. The van der Waals surface area contributed by atoms with Gasteiger partial charge in [-0.1, -0.05) is 11.6 Å². The van der Waals surface area contributed by atoms with Crippen LogP contribution in [0.3, 0.4) is 0 Å². The fourth-order valence-electron chi connectivity index (χ4n) is 1.53. The van der Waals surface area contributed by atoms with Crippen LogP contribution >= 0.6 is 11.6 Å². The first-order valence-corrected chi connectivity index (χ1v) is 5.42. The van der Waals surface area contributed by atoms with E-state index in [-0.39, 0.29) is 0 Å². The fourth-order valence-corrected chi connectivity index (χ4v) is 1.80. The van der Waals surface area contributed by atoms with Crippen molar-refractivity contribution < 1.29 is 0 Å². The normalized spacial score (nSPS) is 11.0. The number of rotatable bonds is 2. The van der Waals surface area contributed by atoms with Gasteiger partial charge in [0.05, 0.1) is 5.02 Å². The Morgan fingerprint density at radius 1 is 1.38 bits per heavy atom. The predicted molar refractivity (Wildman–Crippen MR) is 65.3 cm³/mol. The number of hydrogen-bond acceptors (Lipinski definition) is 3. The molecule has 1 aromatic heterocycles. The van der Waals surface area contributed by atoms with E-state index in [1.807, 2.05) is 10.6 Å². The summed E-state index contributed by atoms with van der Waals surface area (Å²) in [5.74, 6) is 0.764. The van der Waals surface area contributed by atoms with Crippen LogP contribution in [0.4, 0.5) is 5.69 Å². The molecule has 0 fully saturated rings. The van der Waals surface area contributed by atoms with Crippen molar-refractivity contribution in [1.29, 1.82) is 0 Å². The summed E-state index contributed by atoms with van der Waals surface area (Å²) >= 11 is 6.14. The standard InChI is InChI=1S/C11H13ClN4/c1-7(2)16-6-14-15-11(16)9-4-3-8(13)5-10(9)12/h3-7H,13H2,1-2H3. The lowest BCUT2D eigenvalue weighted by Crippen LogP contribution is -2.02. The van der Waals surface area contributed by atoms with Crippen molar-refractivity contribution in [3.8, 4) is 11.4 Å². The number of benzene rings is 1. The van der Waals surface area contributed by atoms with Gasteiger partial charge in [0.15, 0.2) is 5.82 Å². The van der Waals surface area contributed by atoms with Gasteiger partial charge in [0.1, 0.15) is 6.33 Å². The number of aromatic nitrogens is 3. The van der Waals surface area contributed by atoms with Crippen LogP contribution < -0.4 is 5.73 Å². The molecule has 0 aliphatic rings. The van der Waals surface area contributed by atoms with Gasteiger partial charge in [0.25, 0.3) is 0 Å². The van der Waals surface area contributed by atoms with Gasteiger partial charge >= 0.3 is 0 Å². The van der Waals surface area contributed by atoms with E-state index in [4.69, 9.17) is 17.3 Å². The SMILES string of the molecule is CC(C)n1cnnc1-c1ccc(N)cc1Cl. The van der Waals surface area contributed by atoms with Crippen LogP contribution in [0.2, 0.25) is 5.02 Å². The molecule has 2 aromatic rings. The van der Waals surface area contributed by atoms with Gasteiger partial charge in [-0.2, -0.15) is 0 Å². The Kier molecular flexibility index (Phi) is 2.83. The molecule has 0 amide bonds. The lowest BCUT2D eigenvalue weighted by atomic mass is 10.2. The minimum absolute atomic E-state index is 0.290. The van der Waals surface area contributed by atoms with Crippen LogP contribution in [0.5, 0.6) is 0 Å². The van der Waals surface area contributed by atoms with Crippen LogP contribution in [0.15, 0.2) is 24.5 Å². The number of nitrogen functional groups attached to an aromatic ring is 1. The monoisotopic (exact) mass is 236 g/mol. The number of nitrogens with two attached hydrogens (primary N) is 1. The first kappa shape index (κ1) is 11.0. The third-order valence-electron chi connectivity index (χ3n) is 2.36. The number of anilines is 1. The Balaban J connectivity index is 2.54. The summed E-state index contributed by atoms with van der Waals surface area (Å²) in [4.78, 5) is 0. The maximum atomic E-state index is 6.14. The molecule has 0 atom stereocenters. The molecule has 0 radical (unpaired) electrons. The fraction of sp³-hybridized carbons (Fsp3) is 0.273. The molecule has 84 valence electrons. The van der Waals surface area contributed by atoms with Crippen LogP contribution in [0, 0.1) is 0 Å². The summed E-state index contributed by atoms with van der Waals surface area (Å²) < 4.78 is 1.97. The smallest absolute Gasteiger partial charge is 0.165 e. The van der Waals surface area contributed by atoms with Gasteiger partial charge in [-0.15, -0.1) is 10.2 Å². The lowest BCUT2D eigenvalue weighted by molar-refractivity contribution is 0.604. The highest BCUT2D eigenvalue weighted by atomic mass is 35.5. The molecule has 4 nitrogen and oxygen atoms in total. The van der Waals surface area contributed by atoms with Crippen molar-refractivity contribution >= 4 is 17.3 Å². The van der Waals surface area contributed by atoms with Crippen molar-refractivity contribution in [3.63, 3.8) is 0 Å². The first-order valence-electron chi connectivity index (χ1n) is 5.04. The van der Waals surface area contributed by atoms with Crippen molar-refractivity contribution in [1.82, 2.24) is 14.8 Å². The Labute approximate surface area is 99.1 Å². The van der Waals surface area contributed by atoms with Crippen molar-refractivity contribution in [2.24, 2.45) is 0 Å². The third kappa shape index (κ3) is 1.88. The molecule has 0 saturated carbocycles. The minimum Gasteiger partial charge on any atom is -0.399 e. The van der Waals surface area contributed by atoms with Crippen LogP contribution in [-0.2, 0) is 0 Å². The van der Waals surface area contributed by atoms with Gasteiger partial charge in [-0.25, -0.2) is 0 Å². The molecule has 0 aliphatic carbocycles. The van der Waals surface area contributed by atoms with E-state index in [1.54, 1.807) is 18.5 Å². The summed E-state index contributed by atoms with van der Waals surface area (Å²) in [5, 5.41) is 8.58. The molecule has 0 bridgehead atoms. The van der Waals surface area contributed by atoms with E-state index in [9.17, 15) is 0 Å². The van der Waals surface area contributed by atoms with E-state index in [0.717, 1.165) is 11.4 Å². The van der Waals surface area contributed by atoms with Gasteiger partial charge in [-0.3, -0.25) is 0 Å². The highest BCUT2D eigenvalue weighted by molar-refractivity contribution is 6.33. The highest BCUT2D eigenvalue weighted by Crippen LogP contribution is 2.29. The van der Waals surface area contributed by atoms with E-state index >= 15 is 0 Å². The van der Waals surface area contributed by atoms with E-state index in [1.165, 1.54) is 0 Å². The second-order valence-corrected chi connectivity index (χ2v) is 4.30. The first-order chi connectivity index (χ1) is 7.59. The van der Waals surface area contributed by atoms with Crippen LogP contribution in [0.25, 0.3) is 11.4 Å². The minimum atomic E-state index is 0.290. The zero-order valence-corrected chi connectivity index (χ0v) is 9.94. The van der Waals surface area contributed by atoms with Crippen molar-refractivity contribution in [2.75, 3.05) is 5.73 Å². The Morgan fingerprint density at radius 3 is 2.75 bits per heavy atom. The predicted octanol–water partition coefficient (Wildman–Crippen LogP) is 2.76. The quantitative estimate of drug-likeness (QED) is 0.816. The molecule has 0 saturated heterocycles. The second-order valence-electron chi connectivity index (χ2n) is 3.89. The van der Waals surface area contributed by atoms with Crippen molar-refractivity contribution in [2.45, 2.75) is 19.9 Å². The molecule has 0 spiro atoms. The van der Waals surface area contributed by atoms with Crippen molar-refractivity contribution in [3.05, 3.63) is 29.5 Å². The van der Waals surface area contributed by atoms with E-state index in [2.05, 4.69) is 24.0 Å². The molecule has 5 heteroatoms. The van der Waals surface area contributed by atoms with Gasteiger partial charge in [0.2, 0.25) is 0 Å². The molecular weight excluding hydrogens is 224 g/mol. The Hall–Kier alpha value is -1.55. The maximum Gasteiger partial charge on any atom is 0.165 e. The topological polar surface area (TPSA) is 56.7 Å². The summed E-state index contributed by atoms with van der Waals surface area (Å²) in [6.07, 6.45) is 1.70. The molecule has 2 rings (SSSR count). The molecule has 0 unspecified atom stereocenters. The summed E-state index contributed by atoms with van der Waals surface area (Å²) in [6.45, 7) is 4.14. The summed E-state index contributed by atoms with van der Waals surface area (Å²) in [7, 11) is 0. The van der Waals surface area contributed by atoms with Crippen LogP contribution in [-0.4, -0.2) is 14.8 Å². The zero-order valence-electron chi connectivity index (χ0n) is 9.18.